The Bertz CT molecular complexity index is 597. The fourth-order valence-electron chi connectivity index (χ4n) is 2.00. The maximum atomic E-state index is 13.7. The van der Waals surface area contributed by atoms with Crippen LogP contribution in [-0.4, -0.2) is 12.2 Å². The van der Waals surface area contributed by atoms with Crippen molar-refractivity contribution in [2.75, 3.05) is 7.11 Å². The van der Waals surface area contributed by atoms with E-state index in [1.54, 1.807) is 0 Å². The van der Waals surface area contributed by atoms with E-state index in [1.807, 2.05) is 0 Å². The van der Waals surface area contributed by atoms with Gasteiger partial charge in [0.25, 0.3) is 0 Å². The number of hydrogen-bond donors (Lipinski definition) is 1. The van der Waals surface area contributed by atoms with Crippen molar-refractivity contribution in [1.29, 1.82) is 0 Å². The molecule has 0 aliphatic rings. The molecule has 0 bridgehead atoms. The van der Waals surface area contributed by atoms with E-state index in [0.717, 1.165) is 6.07 Å². The van der Waals surface area contributed by atoms with Gasteiger partial charge in [0.05, 0.1) is 13.2 Å². The summed E-state index contributed by atoms with van der Waals surface area (Å²) in [6.45, 7) is 0. The van der Waals surface area contributed by atoms with Crippen molar-refractivity contribution in [2.45, 2.75) is 12.5 Å². The second kappa shape index (κ2) is 6.20. The van der Waals surface area contributed by atoms with Crippen LogP contribution in [0.5, 0.6) is 5.75 Å². The molecule has 0 radical (unpaired) electrons. The van der Waals surface area contributed by atoms with Crippen molar-refractivity contribution in [3.63, 3.8) is 0 Å². The average Bonchev–Trinajstić information content (AvgIpc) is 2.43. The molecule has 20 heavy (non-hydrogen) atoms. The van der Waals surface area contributed by atoms with Crippen LogP contribution in [0.25, 0.3) is 0 Å². The van der Waals surface area contributed by atoms with Crippen molar-refractivity contribution in [2.24, 2.45) is 0 Å². The quantitative estimate of drug-likeness (QED) is 0.927. The molecule has 0 aliphatic heterocycles. The third kappa shape index (κ3) is 3.08. The van der Waals surface area contributed by atoms with Crippen LogP contribution in [0.3, 0.4) is 0 Å². The van der Waals surface area contributed by atoms with Gasteiger partial charge in [-0.1, -0.05) is 17.7 Å². The monoisotopic (exact) mass is 298 g/mol. The minimum atomic E-state index is -1.12. The van der Waals surface area contributed by atoms with Gasteiger partial charge in [-0.2, -0.15) is 0 Å². The summed E-state index contributed by atoms with van der Waals surface area (Å²) >= 11 is 5.91. The number of benzene rings is 2. The van der Waals surface area contributed by atoms with Gasteiger partial charge in [-0.15, -0.1) is 0 Å². The van der Waals surface area contributed by atoms with E-state index < -0.39 is 17.7 Å². The molecule has 1 unspecified atom stereocenters. The summed E-state index contributed by atoms with van der Waals surface area (Å²) in [5.41, 5.74) is 0.444. The molecule has 0 saturated heterocycles. The first-order valence-electron chi connectivity index (χ1n) is 5.97. The van der Waals surface area contributed by atoms with Crippen molar-refractivity contribution < 1.29 is 18.6 Å². The minimum absolute atomic E-state index is 0.0642. The zero-order valence-corrected chi connectivity index (χ0v) is 11.5. The van der Waals surface area contributed by atoms with E-state index in [-0.39, 0.29) is 22.6 Å². The molecule has 5 heteroatoms. The Morgan fingerprint density at radius 1 is 1.25 bits per heavy atom. The zero-order valence-electron chi connectivity index (χ0n) is 10.7. The minimum Gasteiger partial charge on any atom is -0.496 e. The highest BCUT2D eigenvalue weighted by Crippen LogP contribution is 2.31. The van der Waals surface area contributed by atoms with E-state index >= 15 is 0 Å². The standard InChI is InChI=1S/C15H13ClF2O2/c1-20-15-6-5-9(17)7-11(15)14(19)8-10-12(16)3-2-4-13(10)18/h2-7,14,19H,8H2,1H3. The molecule has 2 nitrogen and oxygen atoms in total. The van der Waals surface area contributed by atoms with Crippen LogP contribution in [0, 0.1) is 11.6 Å². The normalized spacial score (nSPS) is 12.2. The molecule has 0 aromatic heterocycles. The molecule has 0 saturated carbocycles. The lowest BCUT2D eigenvalue weighted by Crippen LogP contribution is -2.06. The molecule has 2 rings (SSSR count). The molecule has 1 N–H and O–H groups in total. The first kappa shape index (κ1) is 14.8. The summed E-state index contributed by atoms with van der Waals surface area (Å²) < 4.78 is 32.0. The Morgan fingerprint density at radius 3 is 2.65 bits per heavy atom. The third-order valence-corrected chi connectivity index (χ3v) is 3.36. The Balaban J connectivity index is 2.33. The van der Waals surface area contributed by atoms with Crippen LogP contribution in [0.15, 0.2) is 36.4 Å². The Labute approximate surface area is 120 Å². The lowest BCUT2D eigenvalue weighted by molar-refractivity contribution is 0.172. The molecule has 1 atom stereocenters. The maximum absolute atomic E-state index is 13.7. The second-order valence-electron chi connectivity index (χ2n) is 4.31. The average molecular weight is 299 g/mol. The van der Waals surface area contributed by atoms with E-state index in [4.69, 9.17) is 16.3 Å². The van der Waals surface area contributed by atoms with E-state index in [2.05, 4.69) is 0 Å². The highest BCUT2D eigenvalue weighted by atomic mass is 35.5. The van der Waals surface area contributed by atoms with Crippen LogP contribution in [0.1, 0.15) is 17.2 Å². The molecular weight excluding hydrogens is 286 g/mol. The zero-order chi connectivity index (χ0) is 14.7. The molecule has 0 amide bonds. The number of methoxy groups -OCH3 is 1. The summed E-state index contributed by atoms with van der Waals surface area (Å²) in [5.74, 6) is -0.669. The van der Waals surface area contributed by atoms with Gasteiger partial charge in [0.15, 0.2) is 0 Å². The highest BCUT2D eigenvalue weighted by Gasteiger charge is 2.18. The van der Waals surface area contributed by atoms with E-state index in [9.17, 15) is 13.9 Å². The number of hydrogen-bond acceptors (Lipinski definition) is 2. The lowest BCUT2D eigenvalue weighted by Gasteiger charge is -2.16. The van der Waals surface area contributed by atoms with Gasteiger partial charge in [-0.3, -0.25) is 0 Å². The number of aliphatic hydroxyl groups excluding tert-OH is 1. The lowest BCUT2D eigenvalue weighted by atomic mass is 10.00. The number of ether oxygens (including phenoxy) is 1. The maximum Gasteiger partial charge on any atom is 0.127 e. The predicted octanol–water partition coefficient (Wildman–Crippen LogP) is 3.90. The fraction of sp³-hybridized carbons (Fsp3) is 0.200. The van der Waals surface area contributed by atoms with Crippen LogP contribution in [0.2, 0.25) is 5.02 Å². The van der Waals surface area contributed by atoms with Crippen molar-refractivity contribution >= 4 is 11.6 Å². The summed E-state index contributed by atoms with van der Waals surface area (Å²) in [7, 11) is 1.42. The molecule has 2 aromatic rings. The van der Waals surface area contributed by atoms with E-state index in [1.165, 1.54) is 37.4 Å². The summed E-state index contributed by atoms with van der Waals surface area (Å²) in [5, 5.41) is 10.4. The SMILES string of the molecule is COc1ccc(F)cc1C(O)Cc1c(F)cccc1Cl. The van der Waals surface area contributed by atoms with Crippen LogP contribution >= 0.6 is 11.6 Å². The molecule has 2 aromatic carbocycles. The number of aliphatic hydroxyl groups is 1. The van der Waals surface area contributed by atoms with Crippen LogP contribution in [-0.2, 0) is 6.42 Å². The fourth-order valence-corrected chi connectivity index (χ4v) is 2.24. The summed E-state index contributed by atoms with van der Waals surface area (Å²) in [6, 6.07) is 8.09. The van der Waals surface area contributed by atoms with Crippen molar-refractivity contribution in [3.05, 3.63) is 64.2 Å². The van der Waals surface area contributed by atoms with E-state index in [0.29, 0.717) is 5.75 Å². The summed E-state index contributed by atoms with van der Waals surface area (Å²) in [4.78, 5) is 0. The second-order valence-corrected chi connectivity index (χ2v) is 4.71. The van der Waals surface area contributed by atoms with Crippen LogP contribution < -0.4 is 4.74 Å². The highest BCUT2D eigenvalue weighted by molar-refractivity contribution is 6.31. The first-order valence-corrected chi connectivity index (χ1v) is 6.35. The van der Waals surface area contributed by atoms with Gasteiger partial charge in [0.2, 0.25) is 0 Å². The Hall–Kier alpha value is -1.65. The molecule has 0 fully saturated rings. The van der Waals surface area contributed by atoms with Gasteiger partial charge in [-0.25, -0.2) is 8.78 Å². The Kier molecular flexibility index (Phi) is 4.57. The molecular formula is C15H13ClF2O2. The van der Waals surface area contributed by atoms with Gasteiger partial charge in [0.1, 0.15) is 17.4 Å². The first-order chi connectivity index (χ1) is 9.52. The van der Waals surface area contributed by atoms with Gasteiger partial charge < -0.3 is 9.84 Å². The molecule has 0 heterocycles. The number of halogens is 3. The molecule has 0 spiro atoms. The van der Waals surface area contributed by atoms with Crippen LogP contribution in [0.4, 0.5) is 8.78 Å². The third-order valence-electron chi connectivity index (χ3n) is 3.01. The summed E-state index contributed by atoms with van der Waals surface area (Å²) in [6.07, 6.45) is -1.18. The smallest absolute Gasteiger partial charge is 0.127 e. The molecule has 0 aliphatic carbocycles. The predicted molar refractivity (Wildman–Crippen MR) is 73.0 cm³/mol. The molecule has 106 valence electrons. The van der Waals surface area contributed by atoms with Crippen molar-refractivity contribution in [1.82, 2.24) is 0 Å². The van der Waals surface area contributed by atoms with Crippen molar-refractivity contribution in [3.8, 4) is 5.75 Å². The van der Waals surface area contributed by atoms with Gasteiger partial charge in [0, 0.05) is 22.6 Å². The van der Waals surface area contributed by atoms with Gasteiger partial charge >= 0.3 is 0 Å². The number of rotatable bonds is 4. The van der Waals surface area contributed by atoms with Gasteiger partial charge in [-0.05, 0) is 30.3 Å². The topological polar surface area (TPSA) is 29.5 Å². The largest absolute Gasteiger partial charge is 0.496 e. The Morgan fingerprint density at radius 2 is 2.00 bits per heavy atom.